The second kappa shape index (κ2) is 6.45. The fourth-order valence-electron chi connectivity index (χ4n) is 1.85. The van der Waals surface area contributed by atoms with Crippen molar-refractivity contribution in [2.45, 2.75) is 0 Å². The van der Waals surface area contributed by atoms with Crippen molar-refractivity contribution in [2.24, 2.45) is 0 Å². The molecule has 0 aliphatic rings. The Hall–Kier alpha value is -3.28. The Kier molecular flexibility index (Phi) is 4.43. The van der Waals surface area contributed by atoms with Gasteiger partial charge < -0.3 is 0 Å². The van der Waals surface area contributed by atoms with Gasteiger partial charge in [-0.15, -0.1) is 0 Å². The Morgan fingerprint density at radius 3 is 2.27 bits per heavy atom. The van der Waals surface area contributed by atoms with E-state index in [9.17, 15) is 19.7 Å². The highest BCUT2D eigenvalue weighted by atomic mass is 16.6. The fourth-order valence-corrected chi connectivity index (χ4v) is 1.85. The van der Waals surface area contributed by atoms with Crippen LogP contribution in [0, 0.1) is 10.1 Å². The first-order chi connectivity index (χ1) is 10.5. The second-order valence-electron chi connectivity index (χ2n) is 4.38. The molecule has 0 atom stereocenters. The van der Waals surface area contributed by atoms with E-state index in [0.29, 0.717) is 11.1 Å². The Balaban J connectivity index is 2.23. The molecule has 0 saturated heterocycles. The molecule has 0 heterocycles. The number of benzene rings is 2. The lowest BCUT2D eigenvalue weighted by Gasteiger charge is -2.05. The van der Waals surface area contributed by atoms with Crippen LogP contribution in [0.15, 0.2) is 55.1 Å². The summed E-state index contributed by atoms with van der Waals surface area (Å²) < 4.78 is 0. The maximum atomic E-state index is 12.0. The molecule has 0 spiro atoms. The third-order valence-corrected chi connectivity index (χ3v) is 2.97. The Bertz CT molecular complexity index is 754. The number of rotatable bonds is 4. The molecule has 0 aliphatic heterocycles. The van der Waals surface area contributed by atoms with Crippen molar-refractivity contribution in [3.05, 3.63) is 81.9 Å². The minimum Gasteiger partial charge on any atom is -0.288 e. The van der Waals surface area contributed by atoms with Gasteiger partial charge in [-0.2, -0.15) is 0 Å². The molecule has 1 N–H and O–H groups in total. The van der Waals surface area contributed by atoms with E-state index in [1.54, 1.807) is 30.3 Å². The van der Waals surface area contributed by atoms with E-state index in [1.807, 2.05) is 0 Å². The van der Waals surface area contributed by atoms with Crippen LogP contribution >= 0.6 is 0 Å². The summed E-state index contributed by atoms with van der Waals surface area (Å²) in [6.07, 6.45) is 1.33. The minimum absolute atomic E-state index is 0.0292. The van der Waals surface area contributed by atoms with Gasteiger partial charge in [-0.05, 0) is 24.3 Å². The van der Waals surface area contributed by atoms with Crippen LogP contribution in [0.4, 0.5) is 5.69 Å². The van der Waals surface area contributed by atoms with Gasteiger partial charge in [0.15, 0.2) is 0 Å². The van der Waals surface area contributed by atoms with Gasteiger partial charge in [0, 0.05) is 17.2 Å². The van der Waals surface area contributed by atoms with E-state index in [1.165, 1.54) is 18.2 Å². The third kappa shape index (κ3) is 3.24. The molecular formula is C16H12N2O4. The molecule has 0 aliphatic carbocycles. The molecule has 0 radical (unpaired) electrons. The average molecular weight is 296 g/mol. The molecule has 6 nitrogen and oxygen atoms in total. The fraction of sp³-hybridized carbons (Fsp3) is 0. The van der Waals surface area contributed by atoms with Gasteiger partial charge in [-0.1, -0.05) is 30.9 Å². The van der Waals surface area contributed by atoms with Crippen LogP contribution in [-0.2, 0) is 0 Å². The van der Waals surface area contributed by atoms with Crippen LogP contribution in [0.1, 0.15) is 26.3 Å². The monoisotopic (exact) mass is 296 g/mol. The normalized spacial score (nSPS) is 9.82. The number of imide groups is 1. The number of carbonyl (C=O) groups excluding carboxylic acids is 2. The van der Waals surface area contributed by atoms with E-state index < -0.39 is 16.7 Å². The van der Waals surface area contributed by atoms with Gasteiger partial charge >= 0.3 is 0 Å². The van der Waals surface area contributed by atoms with Crippen molar-refractivity contribution in [3.63, 3.8) is 0 Å². The number of amides is 2. The SMILES string of the molecule is C=Cc1ccc(C(=O)NC(=O)c2ccccc2)cc1[N+](=O)[O-]. The van der Waals surface area contributed by atoms with Gasteiger partial charge in [0.1, 0.15) is 0 Å². The summed E-state index contributed by atoms with van der Waals surface area (Å²) in [7, 11) is 0. The lowest BCUT2D eigenvalue weighted by molar-refractivity contribution is -0.385. The van der Waals surface area contributed by atoms with E-state index in [4.69, 9.17) is 0 Å². The molecule has 2 amide bonds. The van der Waals surface area contributed by atoms with Crippen molar-refractivity contribution in [1.82, 2.24) is 5.32 Å². The minimum atomic E-state index is -0.701. The van der Waals surface area contributed by atoms with Crippen LogP contribution in [0.2, 0.25) is 0 Å². The molecule has 0 aromatic heterocycles. The molecule has 2 aromatic carbocycles. The predicted molar refractivity (Wildman–Crippen MR) is 81.4 cm³/mol. The lowest BCUT2D eigenvalue weighted by Crippen LogP contribution is -2.30. The maximum absolute atomic E-state index is 12.0. The van der Waals surface area contributed by atoms with E-state index in [-0.39, 0.29) is 11.3 Å². The highest BCUT2D eigenvalue weighted by Crippen LogP contribution is 2.21. The molecule has 0 unspecified atom stereocenters. The summed E-state index contributed by atoms with van der Waals surface area (Å²) in [5, 5.41) is 13.1. The van der Waals surface area contributed by atoms with Crippen LogP contribution in [0.5, 0.6) is 0 Å². The molecule has 22 heavy (non-hydrogen) atoms. The first kappa shape index (κ1) is 15.1. The van der Waals surface area contributed by atoms with Crippen LogP contribution < -0.4 is 5.32 Å². The summed E-state index contributed by atoms with van der Waals surface area (Å²) >= 11 is 0. The van der Waals surface area contributed by atoms with Crippen LogP contribution in [0.25, 0.3) is 6.08 Å². The number of hydrogen-bond acceptors (Lipinski definition) is 4. The Morgan fingerprint density at radius 2 is 1.68 bits per heavy atom. The summed E-state index contributed by atoms with van der Waals surface area (Å²) in [4.78, 5) is 34.3. The van der Waals surface area contributed by atoms with Crippen LogP contribution in [0.3, 0.4) is 0 Å². The predicted octanol–water partition coefficient (Wildman–Crippen LogP) is 2.81. The van der Waals surface area contributed by atoms with Gasteiger partial charge in [0.2, 0.25) is 0 Å². The molecule has 6 heteroatoms. The highest BCUT2D eigenvalue weighted by Gasteiger charge is 2.17. The summed E-state index contributed by atoms with van der Waals surface area (Å²) in [5.74, 6) is -1.27. The van der Waals surface area contributed by atoms with Gasteiger partial charge in [0.05, 0.1) is 10.5 Å². The number of nitro groups is 1. The first-order valence-electron chi connectivity index (χ1n) is 6.34. The summed E-state index contributed by atoms with van der Waals surface area (Å²) in [6.45, 7) is 3.48. The number of nitro benzene ring substituents is 1. The summed E-state index contributed by atoms with van der Waals surface area (Å²) in [6, 6.07) is 12.1. The molecule has 0 saturated carbocycles. The number of nitrogens with one attached hydrogen (secondary N) is 1. The Morgan fingerprint density at radius 1 is 1.05 bits per heavy atom. The molecule has 2 rings (SSSR count). The quantitative estimate of drug-likeness (QED) is 0.533. The highest BCUT2D eigenvalue weighted by molar-refractivity contribution is 6.10. The Labute approximate surface area is 126 Å². The maximum Gasteiger partial charge on any atom is 0.277 e. The first-order valence-corrected chi connectivity index (χ1v) is 6.34. The molecule has 110 valence electrons. The number of carbonyl (C=O) groups is 2. The largest absolute Gasteiger partial charge is 0.288 e. The topological polar surface area (TPSA) is 89.3 Å². The van der Waals surface area contributed by atoms with Crippen molar-refractivity contribution in [2.75, 3.05) is 0 Å². The van der Waals surface area contributed by atoms with E-state index >= 15 is 0 Å². The van der Waals surface area contributed by atoms with E-state index in [0.717, 1.165) is 6.07 Å². The zero-order valence-corrected chi connectivity index (χ0v) is 11.5. The van der Waals surface area contributed by atoms with E-state index in [2.05, 4.69) is 11.9 Å². The second-order valence-corrected chi connectivity index (χ2v) is 4.38. The summed E-state index contributed by atoms with van der Waals surface area (Å²) in [5.41, 5.74) is 0.417. The number of hydrogen-bond donors (Lipinski definition) is 1. The average Bonchev–Trinajstić information content (AvgIpc) is 2.54. The zero-order chi connectivity index (χ0) is 16.1. The lowest BCUT2D eigenvalue weighted by atomic mass is 10.1. The smallest absolute Gasteiger partial charge is 0.277 e. The van der Waals surface area contributed by atoms with Crippen molar-refractivity contribution >= 4 is 23.6 Å². The number of nitrogens with zero attached hydrogens (tertiary/aromatic N) is 1. The van der Waals surface area contributed by atoms with Gasteiger partial charge in [0.25, 0.3) is 17.5 Å². The van der Waals surface area contributed by atoms with Crippen molar-refractivity contribution < 1.29 is 14.5 Å². The molecule has 0 fully saturated rings. The zero-order valence-electron chi connectivity index (χ0n) is 11.5. The standard InChI is InChI=1S/C16H12N2O4/c1-2-11-8-9-13(10-14(11)18(21)22)16(20)17-15(19)12-6-4-3-5-7-12/h2-10H,1H2,(H,17,19,20). The molecule has 2 aromatic rings. The van der Waals surface area contributed by atoms with Gasteiger partial charge in [-0.3, -0.25) is 25.0 Å². The van der Waals surface area contributed by atoms with Gasteiger partial charge in [-0.25, -0.2) is 0 Å². The van der Waals surface area contributed by atoms with Crippen molar-refractivity contribution in [1.29, 1.82) is 0 Å². The third-order valence-electron chi connectivity index (χ3n) is 2.97. The molecular weight excluding hydrogens is 284 g/mol. The van der Waals surface area contributed by atoms with Crippen LogP contribution in [-0.4, -0.2) is 16.7 Å². The van der Waals surface area contributed by atoms with Crippen molar-refractivity contribution in [3.8, 4) is 0 Å². The molecule has 0 bridgehead atoms.